The highest BCUT2D eigenvalue weighted by Crippen LogP contribution is 2.49. The van der Waals surface area contributed by atoms with Crippen LogP contribution in [0.3, 0.4) is 0 Å². The van der Waals surface area contributed by atoms with Crippen LogP contribution in [0.2, 0.25) is 0 Å². The van der Waals surface area contributed by atoms with E-state index in [4.69, 9.17) is 4.74 Å². The van der Waals surface area contributed by atoms with E-state index in [1.807, 2.05) is 6.92 Å². The molecule has 1 aromatic rings. The molecule has 1 saturated heterocycles. The van der Waals surface area contributed by atoms with Crippen LogP contribution in [0.4, 0.5) is 0 Å². The Morgan fingerprint density at radius 1 is 1.16 bits per heavy atom. The first-order chi connectivity index (χ1) is 9.32. The van der Waals surface area contributed by atoms with Crippen LogP contribution >= 0.6 is 0 Å². The van der Waals surface area contributed by atoms with Crippen molar-refractivity contribution in [2.75, 3.05) is 39.3 Å². The third-order valence-corrected chi connectivity index (χ3v) is 4.37. The Morgan fingerprint density at radius 2 is 1.84 bits per heavy atom. The molecule has 1 N–H and O–H groups in total. The van der Waals surface area contributed by atoms with Gasteiger partial charge in [0.1, 0.15) is 5.75 Å². The molecule has 1 aromatic carbocycles. The van der Waals surface area contributed by atoms with Gasteiger partial charge in [-0.3, -0.25) is 4.90 Å². The molecular formula is C16H24N2O. The van der Waals surface area contributed by atoms with E-state index in [9.17, 15) is 0 Å². The largest absolute Gasteiger partial charge is 0.494 e. The molecule has 3 rings (SSSR count). The summed E-state index contributed by atoms with van der Waals surface area (Å²) in [6.45, 7) is 8.66. The van der Waals surface area contributed by atoms with Gasteiger partial charge in [0.05, 0.1) is 6.61 Å². The van der Waals surface area contributed by atoms with E-state index in [0.29, 0.717) is 5.41 Å². The maximum atomic E-state index is 5.53. The van der Waals surface area contributed by atoms with E-state index in [1.54, 1.807) is 0 Å². The summed E-state index contributed by atoms with van der Waals surface area (Å²) in [5.74, 6) is 0.990. The minimum absolute atomic E-state index is 0.433. The molecule has 19 heavy (non-hydrogen) atoms. The average molecular weight is 260 g/mol. The van der Waals surface area contributed by atoms with Gasteiger partial charge in [-0.25, -0.2) is 0 Å². The first-order valence-electron chi connectivity index (χ1n) is 7.49. The van der Waals surface area contributed by atoms with E-state index < -0.39 is 0 Å². The topological polar surface area (TPSA) is 24.5 Å². The molecule has 3 nitrogen and oxygen atoms in total. The molecule has 0 bridgehead atoms. The minimum Gasteiger partial charge on any atom is -0.494 e. The quantitative estimate of drug-likeness (QED) is 0.876. The normalized spacial score (nSPS) is 22.2. The molecule has 0 atom stereocenters. The molecule has 2 fully saturated rings. The number of nitrogens with one attached hydrogen (secondary N) is 1. The standard InChI is InChI=1S/C16H24N2O/c1-2-19-15-5-3-14(4-6-15)16(7-8-16)13-18-11-9-17-10-12-18/h3-6,17H,2,7-13H2,1H3. The van der Waals surface area contributed by atoms with E-state index in [1.165, 1.54) is 38.0 Å². The zero-order valence-corrected chi connectivity index (χ0v) is 11.8. The van der Waals surface area contributed by atoms with Crippen molar-refractivity contribution in [2.45, 2.75) is 25.2 Å². The maximum absolute atomic E-state index is 5.53. The van der Waals surface area contributed by atoms with Crippen molar-refractivity contribution in [3.63, 3.8) is 0 Å². The van der Waals surface area contributed by atoms with Crippen molar-refractivity contribution < 1.29 is 4.74 Å². The van der Waals surface area contributed by atoms with Gasteiger partial charge in [0.2, 0.25) is 0 Å². The first kappa shape index (κ1) is 12.9. The zero-order chi connectivity index (χ0) is 13.1. The van der Waals surface area contributed by atoms with Crippen LogP contribution in [0, 0.1) is 0 Å². The second kappa shape index (κ2) is 5.51. The van der Waals surface area contributed by atoms with Gasteiger partial charge in [-0.05, 0) is 37.5 Å². The average Bonchev–Trinajstić information content (AvgIpc) is 3.22. The number of ether oxygens (including phenoxy) is 1. The lowest BCUT2D eigenvalue weighted by atomic mass is 9.95. The lowest BCUT2D eigenvalue weighted by Crippen LogP contribution is -2.46. The molecule has 2 aliphatic rings. The van der Waals surface area contributed by atoms with Crippen molar-refractivity contribution in [3.8, 4) is 5.75 Å². The molecule has 3 heteroatoms. The summed E-state index contributed by atoms with van der Waals surface area (Å²) in [5.41, 5.74) is 1.93. The van der Waals surface area contributed by atoms with Gasteiger partial charge in [-0.2, -0.15) is 0 Å². The number of rotatable bonds is 5. The fourth-order valence-corrected chi connectivity index (χ4v) is 3.06. The van der Waals surface area contributed by atoms with Crippen LogP contribution in [0.15, 0.2) is 24.3 Å². The minimum atomic E-state index is 0.433. The van der Waals surface area contributed by atoms with Gasteiger partial charge >= 0.3 is 0 Å². The molecule has 0 amide bonds. The maximum Gasteiger partial charge on any atom is 0.119 e. The molecule has 0 radical (unpaired) electrons. The molecule has 1 aliphatic heterocycles. The van der Waals surface area contributed by atoms with Gasteiger partial charge in [-0.1, -0.05) is 12.1 Å². The van der Waals surface area contributed by atoms with E-state index in [-0.39, 0.29) is 0 Å². The van der Waals surface area contributed by atoms with Crippen LogP contribution in [0.5, 0.6) is 5.75 Å². The first-order valence-corrected chi connectivity index (χ1v) is 7.49. The highest BCUT2D eigenvalue weighted by atomic mass is 16.5. The van der Waals surface area contributed by atoms with E-state index >= 15 is 0 Å². The van der Waals surface area contributed by atoms with E-state index in [2.05, 4.69) is 34.5 Å². The van der Waals surface area contributed by atoms with Crippen LogP contribution in [0.25, 0.3) is 0 Å². The second-order valence-electron chi connectivity index (χ2n) is 5.76. The van der Waals surface area contributed by atoms with Crippen LogP contribution in [0.1, 0.15) is 25.3 Å². The highest BCUT2D eigenvalue weighted by molar-refractivity contribution is 5.36. The predicted molar refractivity (Wildman–Crippen MR) is 77.8 cm³/mol. The Bertz CT molecular complexity index is 405. The van der Waals surface area contributed by atoms with Gasteiger partial charge < -0.3 is 10.1 Å². The number of hydrogen-bond donors (Lipinski definition) is 1. The Labute approximate surface area is 115 Å². The Balaban J connectivity index is 1.66. The van der Waals surface area contributed by atoms with Crippen molar-refractivity contribution >= 4 is 0 Å². The Hall–Kier alpha value is -1.06. The third kappa shape index (κ3) is 2.93. The number of benzene rings is 1. The zero-order valence-electron chi connectivity index (χ0n) is 11.8. The van der Waals surface area contributed by atoms with Gasteiger partial charge in [0.15, 0.2) is 0 Å². The molecule has 0 spiro atoms. The molecule has 104 valence electrons. The highest BCUT2D eigenvalue weighted by Gasteiger charge is 2.45. The van der Waals surface area contributed by atoms with Crippen molar-refractivity contribution in [1.82, 2.24) is 10.2 Å². The monoisotopic (exact) mass is 260 g/mol. The molecular weight excluding hydrogens is 236 g/mol. The summed E-state index contributed by atoms with van der Waals surface area (Å²) in [6.07, 6.45) is 2.68. The van der Waals surface area contributed by atoms with Gasteiger partial charge in [0, 0.05) is 38.1 Å². The van der Waals surface area contributed by atoms with Crippen molar-refractivity contribution in [1.29, 1.82) is 0 Å². The third-order valence-electron chi connectivity index (χ3n) is 4.37. The van der Waals surface area contributed by atoms with Gasteiger partial charge in [-0.15, -0.1) is 0 Å². The van der Waals surface area contributed by atoms with Gasteiger partial charge in [0.25, 0.3) is 0 Å². The lowest BCUT2D eigenvalue weighted by molar-refractivity contribution is 0.221. The molecule has 1 aliphatic carbocycles. The molecule has 1 saturated carbocycles. The van der Waals surface area contributed by atoms with Crippen LogP contribution in [-0.4, -0.2) is 44.2 Å². The summed E-state index contributed by atoms with van der Waals surface area (Å²) in [5, 5.41) is 3.42. The van der Waals surface area contributed by atoms with Crippen molar-refractivity contribution in [2.24, 2.45) is 0 Å². The van der Waals surface area contributed by atoms with Crippen molar-refractivity contribution in [3.05, 3.63) is 29.8 Å². The molecule has 0 aromatic heterocycles. The Morgan fingerprint density at radius 3 is 2.42 bits per heavy atom. The summed E-state index contributed by atoms with van der Waals surface area (Å²) in [4.78, 5) is 2.61. The fraction of sp³-hybridized carbons (Fsp3) is 0.625. The molecule has 1 heterocycles. The lowest BCUT2D eigenvalue weighted by Gasteiger charge is -2.31. The van der Waals surface area contributed by atoms with E-state index in [0.717, 1.165) is 25.4 Å². The summed E-state index contributed by atoms with van der Waals surface area (Å²) in [6, 6.07) is 8.77. The SMILES string of the molecule is CCOc1ccc(C2(CN3CCNCC3)CC2)cc1. The number of hydrogen-bond acceptors (Lipinski definition) is 3. The summed E-state index contributed by atoms with van der Waals surface area (Å²) >= 11 is 0. The smallest absolute Gasteiger partial charge is 0.119 e. The van der Waals surface area contributed by atoms with Crippen LogP contribution < -0.4 is 10.1 Å². The molecule has 0 unspecified atom stereocenters. The number of nitrogens with zero attached hydrogens (tertiary/aromatic N) is 1. The summed E-state index contributed by atoms with van der Waals surface area (Å²) < 4.78 is 5.53. The predicted octanol–water partition coefficient (Wildman–Crippen LogP) is 2.02. The van der Waals surface area contributed by atoms with Crippen LogP contribution in [-0.2, 0) is 5.41 Å². The Kier molecular flexibility index (Phi) is 3.76. The summed E-state index contributed by atoms with van der Waals surface area (Å²) in [7, 11) is 0. The fourth-order valence-electron chi connectivity index (χ4n) is 3.06. The number of piperazine rings is 1. The second-order valence-corrected chi connectivity index (χ2v) is 5.76.